The highest BCUT2D eigenvalue weighted by atomic mass is 32.2. The van der Waals surface area contributed by atoms with Gasteiger partial charge < -0.3 is 13.9 Å². The Hall–Kier alpha value is -2.29. The first-order valence-electron chi connectivity index (χ1n) is 14.3. The molecule has 0 aliphatic heterocycles. The summed E-state index contributed by atoms with van der Waals surface area (Å²) in [6.07, 6.45) is 4.78. The van der Waals surface area contributed by atoms with Gasteiger partial charge in [-0.25, -0.2) is 8.42 Å². The molecule has 0 bridgehead atoms. The average molecular weight is 583 g/mol. The van der Waals surface area contributed by atoms with Crippen molar-refractivity contribution in [2.75, 3.05) is 32.9 Å². The molecular weight excluding hydrogens is 537 g/mol. The van der Waals surface area contributed by atoms with Crippen LogP contribution in [-0.4, -0.2) is 49.6 Å². The summed E-state index contributed by atoms with van der Waals surface area (Å²) >= 11 is 0. The second-order valence-electron chi connectivity index (χ2n) is 11.5. The second kappa shape index (κ2) is 15.6. The van der Waals surface area contributed by atoms with Crippen LogP contribution < -0.4 is 10.4 Å². The molecule has 3 aromatic rings. The highest BCUT2D eigenvalue weighted by Gasteiger charge is 2.49. The van der Waals surface area contributed by atoms with Gasteiger partial charge in [0.1, 0.15) is 6.79 Å². The Balaban J connectivity index is 1.57. The van der Waals surface area contributed by atoms with E-state index < -0.39 is 18.2 Å². The van der Waals surface area contributed by atoms with E-state index in [1.54, 1.807) is 31.4 Å². The van der Waals surface area contributed by atoms with Crippen LogP contribution in [0.1, 0.15) is 52.9 Å². The zero-order valence-electron chi connectivity index (χ0n) is 24.6. The highest BCUT2D eigenvalue weighted by molar-refractivity contribution is 7.91. The molecule has 0 saturated carbocycles. The predicted octanol–water partition coefficient (Wildman–Crippen LogP) is 6.22. The maximum atomic E-state index is 13.0. The van der Waals surface area contributed by atoms with Crippen molar-refractivity contribution < 1.29 is 22.3 Å². The van der Waals surface area contributed by atoms with Gasteiger partial charge in [0.25, 0.3) is 8.32 Å². The van der Waals surface area contributed by atoms with Crippen molar-refractivity contribution in [1.29, 1.82) is 0 Å². The van der Waals surface area contributed by atoms with Gasteiger partial charge >= 0.3 is 0 Å². The predicted molar refractivity (Wildman–Crippen MR) is 166 cm³/mol. The minimum Gasteiger partial charge on any atom is -0.407 e. The Kier molecular flexibility index (Phi) is 12.6. The Morgan fingerprint density at radius 3 is 1.80 bits per heavy atom. The zero-order chi connectivity index (χ0) is 28.9. The van der Waals surface area contributed by atoms with Crippen molar-refractivity contribution in [3.8, 4) is 0 Å². The largest absolute Gasteiger partial charge is 0.407 e. The smallest absolute Gasteiger partial charge is 0.261 e. The van der Waals surface area contributed by atoms with E-state index in [-0.39, 0.29) is 23.5 Å². The maximum absolute atomic E-state index is 13.0. The van der Waals surface area contributed by atoms with E-state index in [4.69, 9.17) is 13.9 Å². The number of methoxy groups -OCH3 is 1. The number of benzene rings is 3. The van der Waals surface area contributed by atoms with Crippen molar-refractivity contribution in [2.24, 2.45) is 5.92 Å². The summed E-state index contributed by atoms with van der Waals surface area (Å²) in [6.45, 7) is 8.14. The number of ether oxygens (including phenoxy) is 2. The Bertz CT molecular complexity index is 1170. The minimum absolute atomic E-state index is 0.0324. The molecule has 5 nitrogen and oxygen atoms in total. The zero-order valence-corrected chi connectivity index (χ0v) is 26.4. The molecule has 0 fully saturated rings. The van der Waals surface area contributed by atoms with E-state index in [1.165, 1.54) is 10.4 Å². The van der Waals surface area contributed by atoms with Crippen molar-refractivity contribution in [1.82, 2.24) is 0 Å². The molecule has 7 heteroatoms. The summed E-state index contributed by atoms with van der Waals surface area (Å²) in [5.41, 5.74) is 0. The first kappa shape index (κ1) is 32.2. The molecular formula is C33H46O5SSi. The third-order valence-electron chi connectivity index (χ3n) is 7.35. The molecule has 3 rings (SSSR count). The van der Waals surface area contributed by atoms with Crippen LogP contribution in [0.15, 0.2) is 95.9 Å². The van der Waals surface area contributed by atoms with Crippen LogP contribution >= 0.6 is 0 Å². The molecule has 218 valence electrons. The highest BCUT2D eigenvalue weighted by Crippen LogP contribution is 2.36. The first-order chi connectivity index (χ1) is 19.2. The second-order valence-corrected chi connectivity index (χ2v) is 17.8. The lowest BCUT2D eigenvalue weighted by atomic mass is 10.0. The molecule has 0 N–H and O–H groups in total. The number of hydrogen-bond donors (Lipinski definition) is 0. The van der Waals surface area contributed by atoms with E-state index in [0.29, 0.717) is 18.1 Å². The van der Waals surface area contributed by atoms with Gasteiger partial charge in [-0.3, -0.25) is 0 Å². The van der Waals surface area contributed by atoms with Crippen LogP contribution in [0, 0.1) is 5.92 Å². The Morgan fingerprint density at radius 1 is 0.750 bits per heavy atom. The van der Waals surface area contributed by atoms with Crippen molar-refractivity contribution in [2.45, 2.75) is 62.8 Å². The van der Waals surface area contributed by atoms with Gasteiger partial charge in [0, 0.05) is 13.7 Å². The van der Waals surface area contributed by atoms with Crippen LogP contribution in [0.5, 0.6) is 0 Å². The molecule has 0 spiro atoms. The SMILES string of the molecule is COCOCC(CCCCCCO[Si](c1ccccc1)(c1ccccc1)C(C)(C)C)CS(=O)(=O)c1ccccc1. The lowest BCUT2D eigenvalue weighted by Crippen LogP contribution is -2.66. The van der Waals surface area contributed by atoms with E-state index in [0.717, 1.165) is 32.1 Å². The normalized spacial score (nSPS) is 13.3. The van der Waals surface area contributed by atoms with Gasteiger partial charge in [-0.05, 0) is 46.3 Å². The fraction of sp³-hybridized carbons (Fsp3) is 0.455. The average Bonchev–Trinajstić information content (AvgIpc) is 2.95. The molecule has 1 unspecified atom stereocenters. The molecule has 40 heavy (non-hydrogen) atoms. The number of rotatable bonds is 17. The topological polar surface area (TPSA) is 61.8 Å². The van der Waals surface area contributed by atoms with Crippen LogP contribution in [0.2, 0.25) is 5.04 Å². The van der Waals surface area contributed by atoms with Crippen molar-refractivity contribution in [3.05, 3.63) is 91.0 Å². The summed E-state index contributed by atoms with van der Waals surface area (Å²) in [7, 11) is -4.30. The molecule has 0 amide bonds. The number of hydrogen-bond acceptors (Lipinski definition) is 5. The van der Waals surface area contributed by atoms with Gasteiger partial charge in [-0.2, -0.15) is 0 Å². The molecule has 0 heterocycles. The van der Waals surface area contributed by atoms with E-state index >= 15 is 0 Å². The summed E-state index contributed by atoms with van der Waals surface area (Å²) in [5.74, 6) is 0.00578. The van der Waals surface area contributed by atoms with Crippen molar-refractivity contribution >= 4 is 28.5 Å². The molecule has 3 aromatic carbocycles. The standard InChI is InChI=1S/C33H46O5SSi/c1-33(2,3)40(31-21-13-8-14-22-31,32-23-15-9-16-24-32)38-25-17-6-5-10-18-29(26-37-28-36-4)27-39(34,35)30-19-11-7-12-20-30/h7-9,11-16,19-24,29H,5-6,10,17-18,25-28H2,1-4H3. The van der Waals surface area contributed by atoms with Gasteiger partial charge in [-0.15, -0.1) is 0 Å². The van der Waals surface area contributed by atoms with Gasteiger partial charge in [0.15, 0.2) is 9.84 Å². The third-order valence-corrected chi connectivity index (χ3v) is 14.3. The van der Waals surface area contributed by atoms with Gasteiger partial charge in [-0.1, -0.05) is 119 Å². The van der Waals surface area contributed by atoms with Crippen molar-refractivity contribution in [3.63, 3.8) is 0 Å². The number of unbranched alkanes of at least 4 members (excludes halogenated alkanes) is 3. The lowest BCUT2D eigenvalue weighted by molar-refractivity contribution is -0.0420. The van der Waals surface area contributed by atoms with E-state index in [2.05, 4.69) is 81.4 Å². The van der Waals surface area contributed by atoms with Crippen LogP contribution in [0.25, 0.3) is 0 Å². The molecule has 0 radical (unpaired) electrons. The fourth-order valence-electron chi connectivity index (χ4n) is 5.42. The molecule has 0 aliphatic rings. The van der Waals surface area contributed by atoms with Crippen LogP contribution in [0.4, 0.5) is 0 Å². The first-order valence-corrected chi connectivity index (χ1v) is 17.9. The van der Waals surface area contributed by atoms with E-state index in [1.807, 2.05) is 6.07 Å². The summed E-state index contributed by atoms with van der Waals surface area (Å²) in [5, 5.41) is 2.56. The van der Waals surface area contributed by atoms with Crippen LogP contribution in [-0.2, 0) is 23.7 Å². The van der Waals surface area contributed by atoms with Crippen LogP contribution in [0.3, 0.4) is 0 Å². The maximum Gasteiger partial charge on any atom is 0.261 e. The number of sulfone groups is 1. The van der Waals surface area contributed by atoms with Gasteiger partial charge in [0.05, 0.1) is 17.3 Å². The fourth-order valence-corrected chi connectivity index (χ4v) is 11.7. The van der Waals surface area contributed by atoms with E-state index in [9.17, 15) is 8.42 Å². The molecule has 0 saturated heterocycles. The Labute approximate surface area is 242 Å². The molecule has 0 aliphatic carbocycles. The lowest BCUT2D eigenvalue weighted by Gasteiger charge is -2.43. The minimum atomic E-state index is -3.37. The molecule has 1 atom stereocenters. The summed E-state index contributed by atoms with van der Waals surface area (Å²) < 4.78 is 43.5. The molecule has 0 aromatic heterocycles. The Morgan fingerprint density at radius 2 is 1.27 bits per heavy atom. The quantitative estimate of drug-likeness (QED) is 0.107. The monoisotopic (exact) mass is 582 g/mol. The third kappa shape index (κ3) is 8.85. The van der Waals surface area contributed by atoms with Gasteiger partial charge in [0.2, 0.25) is 0 Å². The summed E-state index contributed by atoms with van der Waals surface area (Å²) in [4.78, 5) is 0.368. The summed E-state index contributed by atoms with van der Waals surface area (Å²) in [6, 6.07) is 30.1.